The van der Waals surface area contributed by atoms with Gasteiger partial charge in [0.2, 0.25) is 0 Å². The lowest BCUT2D eigenvalue weighted by Crippen LogP contribution is -2.31. The monoisotopic (exact) mass is 298 g/mol. The van der Waals surface area contributed by atoms with Crippen molar-refractivity contribution in [2.24, 2.45) is 0 Å². The largest absolute Gasteiger partial charge is 0.331 e. The molecule has 0 saturated heterocycles. The number of hydrogen-bond donors (Lipinski definition) is 2. The van der Waals surface area contributed by atoms with Crippen molar-refractivity contribution in [2.75, 3.05) is 5.32 Å². The van der Waals surface area contributed by atoms with E-state index in [1.54, 1.807) is 18.2 Å². The van der Waals surface area contributed by atoms with Crippen molar-refractivity contribution in [1.29, 1.82) is 0 Å². The molecule has 0 aliphatic rings. The molecule has 1 heterocycles. The van der Waals surface area contributed by atoms with Crippen LogP contribution in [0.3, 0.4) is 0 Å². The molecule has 19 heavy (non-hydrogen) atoms. The number of amides is 2. The average Bonchev–Trinajstić information content (AvgIpc) is 2.79. The minimum atomic E-state index is -0.468. The fourth-order valence-electron chi connectivity index (χ4n) is 1.55. The van der Waals surface area contributed by atoms with Crippen LogP contribution in [0, 0.1) is 5.82 Å². The second-order valence-electron chi connectivity index (χ2n) is 3.94. The molecule has 0 spiro atoms. The molecule has 0 bridgehead atoms. The number of anilines is 1. The van der Waals surface area contributed by atoms with Crippen LogP contribution in [0.25, 0.3) is 0 Å². The fourth-order valence-corrected chi connectivity index (χ4v) is 2.61. The van der Waals surface area contributed by atoms with Gasteiger partial charge in [-0.15, -0.1) is 11.3 Å². The van der Waals surface area contributed by atoms with Gasteiger partial charge in [-0.2, -0.15) is 0 Å². The number of carbonyl (C=O) groups excluding carboxylic acids is 1. The first kappa shape index (κ1) is 13.8. The molecular formula is C13H12ClFN2OS. The maximum absolute atomic E-state index is 13.4. The fraction of sp³-hybridized carbons (Fsp3) is 0.154. The standard InChI is InChI=1S/C13H12ClFN2OS/c1-8(11-6-7-12(14)19-11)16-13(18)17-10-5-3-2-4-9(10)15/h2-8H,1H3,(H2,16,17,18)/t8-/m1/s1. The summed E-state index contributed by atoms with van der Waals surface area (Å²) >= 11 is 7.23. The minimum absolute atomic E-state index is 0.149. The second kappa shape index (κ2) is 6.04. The third kappa shape index (κ3) is 3.68. The predicted molar refractivity (Wildman–Crippen MR) is 76.3 cm³/mol. The van der Waals surface area contributed by atoms with E-state index >= 15 is 0 Å². The van der Waals surface area contributed by atoms with Gasteiger partial charge in [-0.05, 0) is 31.2 Å². The molecule has 1 atom stereocenters. The first-order chi connectivity index (χ1) is 9.06. The predicted octanol–water partition coefficient (Wildman–Crippen LogP) is 4.42. The summed E-state index contributed by atoms with van der Waals surface area (Å²) in [5.74, 6) is -0.468. The molecule has 0 saturated carbocycles. The van der Waals surface area contributed by atoms with Gasteiger partial charge in [-0.25, -0.2) is 9.18 Å². The lowest BCUT2D eigenvalue weighted by Gasteiger charge is -2.13. The third-order valence-electron chi connectivity index (χ3n) is 2.49. The van der Waals surface area contributed by atoms with Crippen LogP contribution in [-0.4, -0.2) is 6.03 Å². The average molecular weight is 299 g/mol. The zero-order valence-corrected chi connectivity index (χ0v) is 11.7. The molecule has 2 rings (SSSR count). The van der Waals surface area contributed by atoms with E-state index in [0.717, 1.165) is 4.88 Å². The van der Waals surface area contributed by atoms with Crippen LogP contribution >= 0.6 is 22.9 Å². The van der Waals surface area contributed by atoms with Crippen LogP contribution in [0.5, 0.6) is 0 Å². The van der Waals surface area contributed by atoms with Crippen molar-refractivity contribution in [3.8, 4) is 0 Å². The Morgan fingerprint density at radius 3 is 2.68 bits per heavy atom. The maximum Gasteiger partial charge on any atom is 0.319 e. The Labute approximate surface area is 119 Å². The number of hydrogen-bond acceptors (Lipinski definition) is 2. The van der Waals surface area contributed by atoms with E-state index in [9.17, 15) is 9.18 Å². The van der Waals surface area contributed by atoms with Gasteiger partial charge in [0.1, 0.15) is 5.82 Å². The summed E-state index contributed by atoms with van der Waals surface area (Å²) in [7, 11) is 0. The van der Waals surface area contributed by atoms with E-state index in [1.807, 2.05) is 13.0 Å². The Kier molecular flexibility index (Phi) is 4.39. The number of urea groups is 1. The number of carbonyl (C=O) groups is 1. The van der Waals surface area contributed by atoms with E-state index in [0.29, 0.717) is 4.34 Å². The Morgan fingerprint density at radius 2 is 2.05 bits per heavy atom. The molecule has 2 N–H and O–H groups in total. The first-order valence-corrected chi connectivity index (χ1v) is 6.83. The summed E-state index contributed by atoms with van der Waals surface area (Å²) in [5.41, 5.74) is 0.149. The second-order valence-corrected chi connectivity index (χ2v) is 5.69. The molecular weight excluding hydrogens is 287 g/mol. The Bertz CT molecular complexity index is 588. The summed E-state index contributed by atoms with van der Waals surface area (Å²) in [6, 6.07) is 8.98. The van der Waals surface area contributed by atoms with Gasteiger partial charge in [-0.1, -0.05) is 23.7 Å². The van der Waals surface area contributed by atoms with E-state index in [2.05, 4.69) is 10.6 Å². The lowest BCUT2D eigenvalue weighted by atomic mass is 10.3. The highest BCUT2D eigenvalue weighted by Gasteiger charge is 2.12. The smallest absolute Gasteiger partial charge is 0.319 e. The summed E-state index contributed by atoms with van der Waals surface area (Å²) in [5, 5.41) is 5.18. The van der Waals surface area contributed by atoms with Crippen LogP contribution in [0.1, 0.15) is 17.8 Å². The molecule has 1 aromatic heterocycles. The highest BCUT2D eigenvalue weighted by molar-refractivity contribution is 7.16. The molecule has 0 aliphatic carbocycles. The van der Waals surface area contributed by atoms with Crippen molar-refractivity contribution in [3.63, 3.8) is 0 Å². The molecule has 0 unspecified atom stereocenters. The number of thiophene rings is 1. The van der Waals surface area contributed by atoms with Gasteiger partial charge in [0.15, 0.2) is 0 Å². The summed E-state index contributed by atoms with van der Waals surface area (Å²) in [4.78, 5) is 12.7. The van der Waals surface area contributed by atoms with Gasteiger partial charge < -0.3 is 10.6 Å². The number of para-hydroxylation sites is 1. The number of rotatable bonds is 3. The minimum Gasteiger partial charge on any atom is -0.331 e. The summed E-state index contributed by atoms with van der Waals surface area (Å²) in [6.07, 6.45) is 0. The lowest BCUT2D eigenvalue weighted by molar-refractivity contribution is 0.249. The van der Waals surface area contributed by atoms with Crippen LogP contribution in [0.2, 0.25) is 4.34 Å². The Hall–Kier alpha value is -1.59. The van der Waals surface area contributed by atoms with Crippen molar-refractivity contribution in [1.82, 2.24) is 5.32 Å². The van der Waals surface area contributed by atoms with E-state index in [-0.39, 0.29) is 11.7 Å². The molecule has 2 aromatic rings. The van der Waals surface area contributed by atoms with E-state index in [4.69, 9.17) is 11.6 Å². The number of nitrogens with one attached hydrogen (secondary N) is 2. The molecule has 6 heteroatoms. The quantitative estimate of drug-likeness (QED) is 0.865. The van der Waals surface area contributed by atoms with Crippen LogP contribution in [0.4, 0.5) is 14.9 Å². The van der Waals surface area contributed by atoms with Gasteiger partial charge in [0.25, 0.3) is 0 Å². The molecule has 0 aliphatic heterocycles. The molecule has 0 radical (unpaired) electrons. The third-order valence-corrected chi connectivity index (χ3v) is 3.90. The van der Waals surface area contributed by atoms with E-state index in [1.165, 1.54) is 23.5 Å². The maximum atomic E-state index is 13.4. The van der Waals surface area contributed by atoms with Crippen molar-refractivity contribution < 1.29 is 9.18 Å². The van der Waals surface area contributed by atoms with Crippen molar-refractivity contribution in [3.05, 3.63) is 51.4 Å². The molecule has 1 aromatic carbocycles. The van der Waals surface area contributed by atoms with Crippen LogP contribution in [0.15, 0.2) is 36.4 Å². The van der Waals surface area contributed by atoms with E-state index < -0.39 is 11.8 Å². The Balaban J connectivity index is 1.96. The highest BCUT2D eigenvalue weighted by Crippen LogP contribution is 2.26. The molecule has 2 amide bonds. The van der Waals surface area contributed by atoms with Crippen molar-refractivity contribution in [2.45, 2.75) is 13.0 Å². The molecule has 0 fully saturated rings. The van der Waals surface area contributed by atoms with Crippen LogP contribution in [-0.2, 0) is 0 Å². The van der Waals surface area contributed by atoms with Crippen molar-refractivity contribution >= 4 is 34.7 Å². The zero-order valence-electron chi connectivity index (χ0n) is 10.1. The topological polar surface area (TPSA) is 41.1 Å². The van der Waals surface area contributed by atoms with Gasteiger partial charge in [0.05, 0.1) is 16.1 Å². The number of halogens is 2. The number of benzene rings is 1. The summed E-state index contributed by atoms with van der Waals surface area (Å²) in [6.45, 7) is 1.84. The van der Waals surface area contributed by atoms with Crippen LogP contribution < -0.4 is 10.6 Å². The zero-order chi connectivity index (χ0) is 13.8. The molecule has 3 nitrogen and oxygen atoms in total. The van der Waals surface area contributed by atoms with Gasteiger partial charge in [0, 0.05) is 4.88 Å². The molecule has 100 valence electrons. The first-order valence-electron chi connectivity index (χ1n) is 5.63. The summed E-state index contributed by atoms with van der Waals surface area (Å²) < 4.78 is 14.0. The van der Waals surface area contributed by atoms with Gasteiger partial charge in [-0.3, -0.25) is 0 Å². The Morgan fingerprint density at radius 1 is 1.32 bits per heavy atom. The normalized spacial score (nSPS) is 11.9. The SMILES string of the molecule is C[C@@H](NC(=O)Nc1ccccc1F)c1ccc(Cl)s1. The van der Waals surface area contributed by atoms with Gasteiger partial charge >= 0.3 is 6.03 Å². The highest BCUT2D eigenvalue weighted by atomic mass is 35.5.